The van der Waals surface area contributed by atoms with Crippen molar-refractivity contribution in [3.8, 4) is 0 Å². The highest BCUT2D eigenvalue weighted by atomic mass is 32.2. The van der Waals surface area contributed by atoms with Crippen molar-refractivity contribution in [2.24, 2.45) is 5.92 Å². The molecule has 9 heteroatoms. The van der Waals surface area contributed by atoms with E-state index in [-0.39, 0.29) is 22.6 Å². The van der Waals surface area contributed by atoms with Crippen LogP contribution in [0.4, 0.5) is 5.69 Å². The number of hydrogen-bond donors (Lipinski definition) is 2. The number of sulfonamides is 1. The predicted molar refractivity (Wildman–Crippen MR) is 121 cm³/mol. The Morgan fingerprint density at radius 1 is 1.23 bits per heavy atom. The topological polar surface area (TPSA) is 101 Å². The summed E-state index contributed by atoms with van der Waals surface area (Å²) in [5, 5.41) is 6.80. The number of anilines is 1. The molecule has 0 spiro atoms. The minimum Gasteiger partial charge on any atom is -0.354 e. The lowest BCUT2D eigenvalue weighted by Crippen LogP contribution is -2.22. The zero-order chi connectivity index (χ0) is 22.0. The molecule has 1 aromatic carbocycles. The van der Waals surface area contributed by atoms with Gasteiger partial charge in [0.2, 0.25) is 15.9 Å². The summed E-state index contributed by atoms with van der Waals surface area (Å²) in [5.74, 6) is 0.482. The van der Waals surface area contributed by atoms with Crippen molar-refractivity contribution < 1.29 is 17.7 Å². The van der Waals surface area contributed by atoms with E-state index in [2.05, 4.69) is 15.2 Å². The average Bonchev–Trinajstić information content (AvgIpc) is 3.38. The van der Waals surface area contributed by atoms with Crippen molar-refractivity contribution in [3.63, 3.8) is 0 Å². The number of carbonyl (C=O) groups excluding carboxylic acids is 1. The Labute approximate surface area is 185 Å². The van der Waals surface area contributed by atoms with E-state index in [1.54, 1.807) is 31.2 Å². The van der Waals surface area contributed by atoms with Gasteiger partial charge in [-0.15, -0.1) is 11.3 Å². The van der Waals surface area contributed by atoms with Crippen LogP contribution in [0.3, 0.4) is 0 Å². The summed E-state index contributed by atoms with van der Waals surface area (Å²) in [5.41, 5.74) is 3.14. The van der Waals surface area contributed by atoms with Gasteiger partial charge in [-0.2, -0.15) is 0 Å². The number of carbonyl (C=O) groups is 1. The number of nitrogens with zero attached hydrogens (tertiary/aromatic N) is 1. The van der Waals surface area contributed by atoms with Gasteiger partial charge in [0.25, 0.3) is 0 Å². The minimum atomic E-state index is -3.61. The van der Waals surface area contributed by atoms with E-state index in [9.17, 15) is 13.2 Å². The molecule has 0 atom stereocenters. The van der Waals surface area contributed by atoms with Crippen molar-refractivity contribution in [1.82, 2.24) is 9.88 Å². The molecule has 1 aliphatic rings. The van der Waals surface area contributed by atoms with Gasteiger partial charge < -0.3 is 9.84 Å². The molecule has 2 N–H and O–H groups in total. The summed E-state index contributed by atoms with van der Waals surface area (Å²) >= 11 is 1.15. The predicted octanol–water partition coefficient (Wildman–Crippen LogP) is 4.35. The van der Waals surface area contributed by atoms with Gasteiger partial charge in [-0.05, 0) is 56.5 Å². The second-order valence-electron chi connectivity index (χ2n) is 7.57. The maximum atomic E-state index is 12.6. The summed E-state index contributed by atoms with van der Waals surface area (Å²) < 4.78 is 33.4. The van der Waals surface area contributed by atoms with Crippen LogP contribution in [0.5, 0.6) is 0 Å². The van der Waals surface area contributed by atoms with Crippen molar-refractivity contribution in [3.05, 3.63) is 63.9 Å². The van der Waals surface area contributed by atoms with Crippen LogP contribution in [0, 0.1) is 19.8 Å². The van der Waals surface area contributed by atoms with Crippen LogP contribution in [0.1, 0.15) is 40.3 Å². The molecule has 162 valence electrons. The highest BCUT2D eigenvalue weighted by Crippen LogP contribution is 2.32. The van der Waals surface area contributed by atoms with Crippen LogP contribution in [-0.2, 0) is 21.4 Å². The first-order chi connectivity index (χ1) is 14.8. The van der Waals surface area contributed by atoms with E-state index in [0.29, 0.717) is 17.1 Å². The molecule has 1 saturated carbocycles. The fraction of sp³-hybridized carbons (Fsp3) is 0.273. The van der Waals surface area contributed by atoms with Crippen LogP contribution in [0.15, 0.2) is 45.1 Å². The number of aromatic nitrogens is 1. The van der Waals surface area contributed by atoms with Gasteiger partial charge in [0.05, 0.1) is 0 Å². The molecule has 31 heavy (non-hydrogen) atoms. The zero-order valence-electron chi connectivity index (χ0n) is 17.2. The Kier molecular flexibility index (Phi) is 6.08. The number of nitrogens with one attached hydrogen (secondary N) is 2. The number of benzene rings is 1. The summed E-state index contributed by atoms with van der Waals surface area (Å²) in [6.45, 7) is 3.96. The van der Waals surface area contributed by atoms with E-state index >= 15 is 0 Å². The Morgan fingerprint density at radius 2 is 2.03 bits per heavy atom. The third-order valence-electron chi connectivity index (χ3n) is 4.90. The number of thiophene rings is 1. The maximum Gasteiger partial charge on any atom is 0.250 e. The minimum absolute atomic E-state index is 0.0230. The molecule has 0 saturated heterocycles. The van der Waals surface area contributed by atoms with E-state index < -0.39 is 10.0 Å². The van der Waals surface area contributed by atoms with Gasteiger partial charge in [0.1, 0.15) is 15.6 Å². The van der Waals surface area contributed by atoms with Crippen LogP contribution in [0.2, 0.25) is 0 Å². The van der Waals surface area contributed by atoms with Crippen LogP contribution in [-0.4, -0.2) is 19.5 Å². The summed E-state index contributed by atoms with van der Waals surface area (Å²) in [4.78, 5) is 12.8. The SMILES string of the molecule is Cc1cccc(CNS(=O)(=O)c2ccc(/C=C/c3onc(C)c3NC(=O)C3CC3)s2)c1. The number of hydrogen-bond acceptors (Lipinski definition) is 6. The van der Waals surface area contributed by atoms with E-state index in [4.69, 9.17) is 4.52 Å². The van der Waals surface area contributed by atoms with Crippen LogP contribution >= 0.6 is 11.3 Å². The lowest BCUT2D eigenvalue weighted by molar-refractivity contribution is -0.117. The molecule has 1 fully saturated rings. The van der Waals surface area contributed by atoms with Crippen LogP contribution < -0.4 is 10.0 Å². The first-order valence-electron chi connectivity index (χ1n) is 9.92. The number of rotatable bonds is 8. The molecule has 0 unspecified atom stereocenters. The molecule has 2 heterocycles. The van der Waals surface area contributed by atoms with Gasteiger partial charge in [0.15, 0.2) is 5.76 Å². The normalized spacial score (nSPS) is 14.3. The fourth-order valence-electron chi connectivity index (χ4n) is 3.02. The Hall–Kier alpha value is -2.75. The molecular weight excluding hydrogens is 434 g/mol. The highest BCUT2D eigenvalue weighted by molar-refractivity contribution is 7.91. The molecular formula is C22H23N3O4S2. The van der Waals surface area contributed by atoms with Crippen molar-refractivity contribution >= 4 is 45.1 Å². The Morgan fingerprint density at radius 3 is 2.77 bits per heavy atom. The second kappa shape index (κ2) is 8.78. The molecule has 7 nitrogen and oxygen atoms in total. The maximum absolute atomic E-state index is 12.6. The molecule has 0 aliphatic heterocycles. The van der Waals surface area contributed by atoms with Gasteiger partial charge in [0, 0.05) is 17.3 Å². The first kappa shape index (κ1) is 21.5. The monoisotopic (exact) mass is 457 g/mol. The molecule has 3 aromatic rings. The molecule has 0 bridgehead atoms. The molecule has 2 aromatic heterocycles. The van der Waals surface area contributed by atoms with E-state index in [1.807, 2.05) is 31.2 Å². The summed E-state index contributed by atoms with van der Waals surface area (Å²) in [7, 11) is -3.61. The first-order valence-corrected chi connectivity index (χ1v) is 12.2. The third kappa shape index (κ3) is 5.30. The quantitative estimate of drug-likeness (QED) is 0.524. The average molecular weight is 458 g/mol. The van der Waals surface area contributed by atoms with Crippen molar-refractivity contribution in [1.29, 1.82) is 0 Å². The molecule has 0 radical (unpaired) electrons. The summed E-state index contributed by atoms with van der Waals surface area (Å²) in [6, 6.07) is 11.0. The van der Waals surface area contributed by atoms with Crippen molar-refractivity contribution in [2.45, 2.75) is 37.4 Å². The number of aryl methyl sites for hydroxylation is 2. The fourth-order valence-corrected chi connectivity index (χ4v) is 5.31. The zero-order valence-corrected chi connectivity index (χ0v) is 18.8. The molecule has 1 amide bonds. The lowest BCUT2D eigenvalue weighted by atomic mass is 10.1. The van der Waals surface area contributed by atoms with Crippen LogP contribution in [0.25, 0.3) is 12.2 Å². The smallest absolute Gasteiger partial charge is 0.250 e. The third-order valence-corrected chi connectivity index (χ3v) is 7.84. The molecule has 1 aliphatic carbocycles. The number of amides is 1. The highest BCUT2D eigenvalue weighted by Gasteiger charge is 2.30. The standard InChI is InChI=1S/C22H23N3O4S2/c1-14-4-3-5-16(12-14)13-23-31(27,28)20-11-9-18(30-20)8-10-19-21(15(2)25-29-19)24-22(26)17-6-7-17/h3-5,8-12,17,23H,6-7,13H2,1-2H3,(H,24,26)/b10-8+. The Bertz CT molecular complexity index is 1240. The van der Waals surface area contributed by atoms with Gasteiger partial charge in [-0.25, -0.2) is 13.1 Å². The van der Waals surface area contributed by atoms with Gasteiger partial charge >= 0.3 is 0 Å². The van der Waals surface area contributed by atoms with E-state index in [0.717, 1.165) is 40.2 Å². The molecule has 4 rings (SSSR count). The van der Waals surface area contributed by atoms with Gasteiger partial charge in [-0.1, -0.05) is 35.0 Å². The lowest BCUT2D eigenvalue weighted by Gasteiger charge is -2.05. The van der Waals surface area contributed by atoms with Crippen molar-refractivity contribution in [2.75, 3.05) is 5.32 Å². The van der Waals surface area contributed by atoms with E-state index in [1.165, 1.54) is 0 Å². The van der Waals surface area contributed by atoms with Gasteiger partial charge in [-0.3, -0.25) is 4.79 Å². The largest absolute Gasteiger partial charge is 0.354 e. The Balaban J connectivity index is 1.44. The second-order valence-corrected chi connectivity index (χ2v) is 10.7. The summed E-state index contributed by atoms with van der Waals surface area (Å²) in [6.07, 6.45) is 5.25.